The fraction of sp³-hybridized carbons (Fsp3) is 0.316. The van der Waals surface area contributed by atoms with Gasteiger partial charge in [-0.15, -0.1) is 0 Å². The van der Waals surface area contributed by atoms with Crippen molar-refractivity contribution in [3.05, 3.63) is 53.6 Å². The zero-order chi connectivity index (χ0) is 16.4. The lowest BCUT2D eigenvalue weighted by atomic mass is 9.98. The molecule has 1 fully saturated rings. The Morgan fingerprint density at radius 1 is 1.00 bits per heavy atom. The van der Waals surface area contributed by atoms with E-state index < -0.39 is 5.97 Å². The van der Waals surface area contributed by atoms with E-state index in [4.69, 9.17) is 0 Å². The number of piperazine rings is 1. The second kappa shape index (κ2) is 6.42. The van der Waals surface area contributed by atoms with E-state index in [1.54, 1.807) is 12.1 Å². The first-order valence-electron chi connectivity index (χ1n) is 7.92. The van der Waals surface area contributed by atoms with Crippen LogP contribution in [-0.4, -0.2) is 49.2 Å². The molecule has 0 atom stereocenters. The summed E-state index contributed by atoms with van der Waals surface area (Å²) in [6, 6.07) is 13.7. The summed E-state index contributed by atoms with van der Waals surface area (Å²) < 4.78 is 0. The highest BCUT2D eigenvalue weighted by atomic mass is 16.4. The fourth-order valence-electron chi connectivity index (χ4n) is 2.98. The van der Waals surface area contributed by atoms with Gasteiger partial charge in [-0.2, -0.15) is 0 Å². The number of nitrogens with zero attached hydrogens (tertiary/aromatic N) is 2. The molecular formula is C19H22N2O2. The highest BCUT2D eigenvalue weighted by Gasteiger charge is 2.14. The average molecular weight is 310 g/mol. The molecule has 4 heteroatoms. The van der Waals surface area contributed by atoms with Crippen LogP contribution in [-0.2, 0) is 0 Å². The Morgan fingerprint density at radius 3 is 2.26 bits per heavy atom. The molecule has 4 nitrogen and oxygen atoms in total. The lowest BCUT2D eigenvalue weighted by molar-refractivity contribution is 0.0697. The van der Waals surface area contributed by atoms with Crippen LogP contribution in [0.3, 0.4) is 0 Å². The van der Waals surface area contributed by atoms with Crippen molar-refractivity contribution < 1.29 is 9.90 Å². The quantitative estimate of drug-likeness (QED) is 0.946. The number of carboxylic acids is 1. The molecule has 1 N–H and O–H groups in total. The summed E-state index contributed by atoms with van der Waals surface area (Å²) in [6.07, 6.45) is 0. The summed E-state index contributed by atoms with van der Waals surface area (Å²) in [7, 11) is 2.15. The van der Waals surface area contributed by atoms with Crippen LogP contribution in [0.25, 0.3) is 11.1 Å². The Morgan fingerprint density at radius 2 is 1.65 bits per heavy atom. The number of aromatic carboxylic acids is 1. The molecule has 0 radical (unpaired) electrons. The van der Waals surface area contributed by atoms with Gasteiger partial charge >= 0.3 is 5.97 Å². The third-order valence-electron chi connectivity index (χ3n) is 4.53. The zero-order valence-corrected chi connectivity index (χ0v) is 13.6. The molecule has 1 aliphatic rings. The van der Waals surface area contributed by atoms with Gasteiger partial charge in [0.1, 0.15) is 0 Å². The second-order valence-corrected chi connectivity index (χ2v) is 6.17. The molecule has 0 aromatic heterocycles. The number of hydrogen-bond acceptors (Lipinski definition) is 3. The Bertz CT molecular complexity index is 702. The molecule has 0 bridgehead atoms. The number of aryl methyl sites for hydroxylation is 1. The van der Waals surface area contributed by atoms with Gasteiger partial charge in [0.15, 0.2) is 0 Å². The Hall–Kier alpha value is -2.33. The van der Waals surface area contributed by atoms with E-state index in [1.807, 2.05) is 13.0 Å². The average Bonchev–Trinajstić information content (AvgIpc) is 2.56. The summed E-state index contributed by atoms with van der Waals surface area (Å²) in [6.45, 7) is 6.27. The molecule has 0 spiro atoms. The molecular weight excluding hydrogens is 288 g/mol. The molecule has 0 unspecified atom stereocenters. The van der Waals surface area contributed by atoms with E-state index in [0.29, 0.717) is 5.56 Å². The largest absolute Gasteiger partial charge is 0.478 e. The predicted octanol–water partition coefficient (Wildman–Crippen LogP) is 3.11. The van der Waals surface area contributed by atoms with Crippen molar-refractivity contribution in [2.75, 3.05) is 38.1 Å². The van der Waals surface area contributed by atoms with E-state index in [9.17, 15) is 9.90 Å². The molecule has 3 rings (SSSR count). The second-order valence-electron chi connectivity index (χ2n) is 6.17. The molecule has 0 amide bonds. The highest BCUT2D eigenvalue weighted by molar-refractivity contribution is 5.90. The van der Waals surface area contributed by atoms with Crippen LogP contribution in [0.4, 0.5) is 5.69 Å². The minimum absolute atomic E-state index is 0.328. The van der Waals surface area contributed by atoms with Crippen LogP contribution in [0.5, 0.6) is 0 Å². The third kappa shape index (κ3) is 3.37. The molecule has 0 aliphatic carbocycles. The normalized spacial score (nSPS) is 15.7. The lowest BCUT2D eigenvalue weighted by Crippen LogP contribution is -2.44. The molecule has 120 valence electrons. The number of anilines is 1. The van der Waals surface area contributed by atoms with Gasteiger partial charge in [-0.3, -0.25) is 0 Å². The van der Waals surface area contributed by atoms with Gasteiger partial charge in [0.25, 0.3) is 0 Å². The van der Waals surface area contributed by atoms with Crippen LogP contribution in [0.15, 0.2) is 42.5 Å². The maximum atomic E-state index is 11.2. The van der Waals surface area contributed by atoms with Crippen molar-refractivity contribution in [2.24, 2.45) is 0 Å². The van der Waals surface area contributed by atoms with Crippen LogP contribution in [0.1, 0.15) is 15.9 Å². The maximum absolute atomic E-state index is 11.2. The van der Waals surface area contributed by atoms with E-state index in [2.05, 4.69) is 41.1 Å². The number of carboxylic acid groups (broad SMARTS) is 1. The molecule has 0 saturated carbocycles. The summed E-state index contributed by atoms with van der Waals surface area (Å²) in [5.41, 5.74) is 4.68. The van der Waals surface area contributed by atoms with Gasteiger partial charge in [0.2, 0.25) is 0 Å². The monoisotopic (exact) mass is 310 g/mol. The van der Waals surface area contributed by atoms with E-state index in [-0.39, 0.29) is 0 Å². The number of likely N-dealkylation sites (N-methyl/N-ethyl adjacent to an activating group) is 1. The van der Waals surface area contributed by atoms with Gasteiger partial charge in [-0.25, -0.2) is 4.79 Å². The Kier molecular flexibility index (Phi) is 4.35. The lowest BCUT2D eigenvalue weighted by Gasteiger charge is -2.34. The highest BCUT2D eigenvalue weighted by Crippen LogP contribution is 2.27. The Balaban J connectivity index is 1.85. The first-order chi connectivity index (χ1) is 11.0. The van der Waals surface area contributed by atoms with Crippen molar-refractivity contribution in [3.63, 3.8) is 0 Å². The summed E-state index contributed by atoms with van der Waals surface area (Å²) in [5.74, 6) is -0.889. The minimum atomic E-state index is -0.889. The number of hydrogen-bond donors (Lipinski definition) is 1. The minimum Gasteiger partial charge on any atom is -0.478 e. The van der Waals surface area contributed by atoms with Gasteiger partial charge in [0, 0.05) is 31.9 Å². The van der Waals surface area contributed by atoms with Crippen molar-refractivity contribution in [1.82, 2.24) is 4.90 Å². The van der Waals surface area contributed by atoms with Gasteiger partial charge < -0.3 is 14.9 Å². The van der Waals surface area contributed by atoms with Crippen molar-refractivity contribution >= 4 is 11.7 Å². The predicted molar refractivity (Wildman–Crippen MR) is 93.3 cm³/mol. The maximum Gasteiger partial charge on any atom is 0.335 e. The van der Waals surface area contributed by atoms with Gasteiger partial charge in [-0.1, -0.05) is 18.2 Å². The van der Waals surface area contributed by atoms with Crippen LogP contribution >= 0.6 is 0 Å². The smallest absolute Gasteiger partial charge is 0.335 e. The first kappa shape index (κ1) is 15.6. The van der Waals surface area contributed by atoms with E-state index >= 15 is 0 Å². The summed E-state index contributed by atoms with van der Waals surface area (Å²) in [4.78, 5) is 15.9. The van der Waals surface area contributed by atoms with Crippen molar-refractivity contribution in [3.8, 4) is 11.1 Å². The molecule has 1 aliphatic heterocycles. The summed E-state index contributed by atoms with van der Waals surface area (Å²) in [5, 5.41) is 9.17. The zero-order valence-electron chi connectivity index (χ0n) is 13.6. The van der Waals surface area contributed by atoms with E-state index in [1.165, 1.54) is 5.69 Å². The van der Waals surface area contributed by atoms with Crippen molar-refractivity contribution in [1.29, 1.82) is 0 Å². The Labute approximate surface area is 137 Å². The van der Waals surface area contributed by atoms with Gasteiger partial charge in [-0.05, 0) is 54.9 Å². The fourth-order valence-corrected chi connectivity index (χ4v) is 2.98. The molecule has 1 heterocycles. The van der Waals surface area contributed by atoms with Crippen LogP contribution < -0.4 is 4.90 Å². The van der Waals surface area contributed by atoms with Gasteiger partial charge in [0.05, 0.1) is 5.56 Å². The first-order valence-corrected chi connectivity index (χ1v) is 7.92. The van der Waals surface area contributed by atoms with Crippen LogP contribution in [0.2, 0.25) is 0 Å². The van der Waals surface area contributed by atoms with E-state index in [0.717, 1.165) is 42.9 Å². The molecule has 2 aromatic carbocycles. The molecule has 1 saturated heterocycles. The number of carbonyl (C=O) groups is 1. The SMILES string of the molecule is Cc1ccc(C(=O)O)cc1-c1ccc(N2CCN(C)CC2)cc1. The van der Waals surface area contributed by atoms with Crippen LogP contribution in [0, 0.1) is 6.92 Å². The molecule has 2 aromatic rings. The summed E-state index contributed by atoms with van der Waals surface area (Å²) >= 11 is 0. The molecule has 23 heavy (non-hydrogen) atoms. The standard InChI is InChI=1S/C19H22N2O2/c1-14-3-4-16(19(22)23)13-18(14)15-5-7-17(8-6-15)21-11-9-20(2)10-12-21/h3-8,13H,9-12H2,1-2H3,(H,22,23). The topological polar surface area (TPSA) is 43.8 Å². The van der Waals surface area contributed by atoms with Crippen molar-refractivity contribution in [2.45, 2.75) is 6.92 Å². The number of rotatable bonds is 3. The third-order valence-corrected chi connectivity index (χ3v) is 4.53. The number of benzene rings is 2.